The Morgan fingerprint density at radius 3 is 2.52 bits per heavy atom. The Kier molecular flexibility index (Phi) is 7.02. The van der Waals surface area contributed by atoms with Crippen LogP contribution in [-0.4, -0.2) is 71.1 Å². The number of likely N-dealkylation sites (N-methyl/N-ethyl adjacent to an activating group) is 1. The van der Waals surface area contributed by atoms with Gasteiger partial charge in [0.1, 0.15) is 0 Å². The Morgan fingerprint density at radius 2 is 1.77 bits per heavy atom. The summed E-state index contributed by atoms with van der Waals surface area (Å²) in [4.78, 5) is 17.2. The number of carbonyl (C=O) groups is 1. The van der Waals surface area contributed by atoms with Crippen molar-refractivity contribution in [3.63, 3.8) is 0 Å². The standard InChI is InChI=1S/C25H28BrN3O2/c1-27-12-14-28(15-13-27)17-22(30)18-29-16-20(23-4-2-3-5-24(23)29)8-11-25(31)19-6-9-21(26)10-7-19/h2-11,16,22,30H,12-15,17-18H2,1H3. The number of hydrogen-bond acceptors (Lipinski definition) is 4. The highest BCUT2D eigenvalue weighted by Gasteiger charge is 2.18. The van der Waals surface area contributed by atoms with Gasteiger partial charge in [-0.1, -0.05) is 34.1 Å². The van der Waals surface area contributed by atoms with E-state index in [0.717, 1.165) is 47.1 Å². The van der Waals surface area contributed by atoms with Gasteiger partial charge in [0.2, 0.25) is 0 Å². The van der Waals surface area contributed by atoms with Crippen LogP contribution in [0.5, 0.6) is 0 Å². The van der Waals surface area contributed by atoms with Crippen LogP contribution >= 0.6 is 15.9 Å². The fourth-order valence-electron chi connectivity index (χ4n) is 4.05. The minimum Gasteiger partial charge on any atom is -0.390 e. The Balaban J connectivity index is 1.49. The van der Waals surface area contributed by atoms with Crippen molar-refractivity contribution < 1.29 is 9.90 Å². The predicted octanol–water partition coefficient (Wildman–Crippen LogP) is 3.91. The average molecular weight is 482 g/mol. The van der Waals surface area contributed by atoms with Crippen molar-refractivity contribution in [2.75, 3.05) is 39.8 Å². The second kappa shape index (κ2) is 9.92. The van der Waals surface area contributed by atoms with E-state index in [4.69, 9.17) is 0 Å². The van der Waals surface area contributed by atoms with Crippen LogP contribution in [0.15, 0.2) is 65.3 Å². The zero-order valence-electron chi connectivity index (χ0n) is 17.7. The minimum absolute atomic E-state index is 0.0283. The lowest BCUT2D eigenvalue weighted by Crippen LogP contribution is -2.47. The Bertz CT molecular complexity index is 1070. The molecule has 1 aliphatic rings. The summed E-state index contributed by atoms with van der Waals surface area (Å²) in [5, 5.41) is 11.8. The molecule has 31 heavy (non-hydrogen) atoms. The number of benzene rings is 2. The fourth-order valence-corrected chi connectivity index (χ4v) is 4.31. The molecule has 2 aromatic carbocycles. The number of para-hydroxylation sites is 1. The van der Waals surface area contributed by atoms with E-state index in [-0.39, 0.29) is 5.78 Å². The van der Waals surface area contributed by atoms with Gasteiger partial charge in [-0.15, -0.1) is 0 Å². The van der Waals surface area contributed by atoms with Crippen LogP contribution in [0.1, 0.15) is 15.9 Å². The van der Waals surface area contributed by atoms with Crippen molar-refractivity contribution in [3.05, 3.63) is 76.4 Å². The number of allylic oxidation sites excluding steroid dienone is 1. The molecule has 0 saturated carbocycles. The van der Waals surface area contributed by atoms with Crippen molar-refractivity contribution in [1.82, 2.24) is 14.4 Å². The van der Waals surface area contributed by atoms with Crippen molar-refractivity contribution in [2.24, 2.45) is 0 Å². The summed E-state index contributed by atoms with van der Waals surface area (Å²) >= 11 is 3.40. The summed E-state index contributed by atoms with van der Waals surface area (Å²) < 4.78 is 3.05. The van der Waals surface area contributed by atoms with Gasteiger partial charge in [-0.25, -0.2) is 0 Å². The number of aliphatic hydroxyl groups excluding tert-OH is 1. The summed E-state index contributed by atoms with van der Waals surface area (Å²) in [5.74, 6) is -0.0283. The fraction of sp³-hybridized carbons (Fsp3) is 0.320. The highest BCUT2D eigenvalue weighted by Crippen LogP contribution is 2.23. The smallest absolute Gasteiger partial charge is 0.185 e. The number of rotatable bonds is 7. The number of halogens is 1. The van der Waals surface area contributed by atoms with E-state index < -0.39 is 6.10 Å². The van der Waals surface area contributed by atoms with Gasteiger partial charge in [0.25, 0.3) is 0 Å². The second-order valence-electron chi connectivity index (χ2n) is 8.22. The SMILES string of the molecule is CN1CCN(CC(O)Cn2cc(C=CC(=O)c3ccc(Br)cc3)c3ccccc32)CC1. The highest BCUT2D eigenvalue weighted by atomic mass is 79.9. The highest BCUT2D eigenvalue weighted by molar-refractivity contribution is 9.10. The first kappa shape index (κ1) is 22.0. The summed E-state index contributed by atoms with van der Waals surface area (Å²) in [6.07, 6.45) is 5.08. The topological polar surface area (TPSA) is 48.7 Å². The van der Waals surface area contributed by atoms with Gasteiger partial charge in [-0.3, -0.25) is 9.69 Å². The first-order valence-electron chi connectivity index (χ1n) is 10.6. The van der Waals surface area contributed by atoms with E-state index in [1.807, 2.05) is 48.7 Å². The van der Waals surface area contributed by atoms with Gasteiger partial charge in [0.05, 0.1) is 6.10 Å². The molecule has 0 radical (unpaired) electrons. The van der Waals surface area contributed by atoms with Crippen LogP contribution in [-0.2, 0) is 6.54 Å². The molecule has 0 amide bonds. The lowest BCUT2D eigenvalue weighted by Gasteiger charge is -2.33. The van der Waals surface area contributed by atoms with Gasteiger partial charge in [-0.2, -0.15) is 0 Å². The maximum Gasteiger partial charge on any atom is 0.185 e. The Hall–Kier alpha value is -2.25. The molecule has 0 aliphatic carbocycles. The van der Waals surface area contributed by atoms with Crippen molar-refractivity contribution >= 4 is 38.7 Å². The van der Waals surface area contributed by atoms with Gasteiger partial charge in [0.15, 0.2) is 5.78 Å². The number of aromatic nitrogens is 1. The molecule has 6 heteroatoms. The zero-order valence-corrected chi connectivity index (χ0v) is 19.3. The van der Waals surface area contributed by atoms with Gasteiger partial charge < -0.3 is 14.6 Å². The number of carbonyl (C=O) groups excluding carboxylic acids is 1. The lowest BCUT2D eigenvalue weighted by atomic mass is 10.1. The average Bonchev–Trinajstić information content (AvgIpc) is 3.11. The Morgan fingerprint density at radius 1 is 1.06 bits per heavy atom. The van der Waals surface area contributed by atoms with Crippen LogP contribution < -0.4 is 0 Å². The van der Waals surface area contributed by atoms with Crippen molar-refractivity contribution in [2.45, 2.75) is 12.6 Å². The maximum absolute atomic E-state index is 12.5. The van der Waals surface area contributed by atoms with Gasteiger partial charge >= 0.3 is 0 Å². The number of fused-ring (bicyclic) bond motifs is 1. The molecule has 4 rings (SSSR count). The number of β-amino-alcohol motifs (C(OH)–C–C–N with tert-alkyl or cyclic N) is 1. The quantitative estimate of drug-likeness (QED) is 0.410. The minimum atomic E-state index is -0.444. The Labute approximate surface area is 191 Å². The molecule has 1 N–H and O–H groups in total. The molecule has 2 heterocycles. The van der Waals surface area contributed by atoms with E-state index in [2.05, 4.69) is 49.5 Å². The van der Waals surface area contributed by atoms with Gasteiger partial charge in [0, 0.05) is 72.0 Å². The molecular formula is C25H28BrN3O2. The third-order valence-corrected chi connectivity index (χ3v) is 6.36. The van der Waals surface area contributed by atoms with E-state index in [0.29, 0.717) is 18.7 Å². The summed E-state index contributed by atoms with van der Waals surface area (Å²) in [6.45, 7) is 5.27. The molecule has 162 valence electrons. The molecule has 1 saturated heterocycles. The molecule has 1 atom stereocenters. The second-order valence-corrected chi connectivity index (χ2v) is 9.13. The monoisotopic (exact) mass is 481 g/mol. The zero-order chi connectivity index (χ0) is 21.8. The van der Waals surface area contributed by atoms with Crippen LogP contribution in [0, 0.1) is 0 Å². The molecule has 5 nitrogen and oxygen atoms in total. The lowest BCUT2D eigenvalue weighted by molar-refractivity contribution is 0.0717. The third kappa shape index (κ3) is 5.52. The van der Waals surface area contributed by atoms with Crippen molar-refractivity contribution in [1.29, 1.82) is 0 Å². The molecule has 1 aliphatic heterocycles. The van der Waals surface area contributed by atoms with Crippen LogP contribution in [0.2, 0.25) is 0 Å². The number of nitrogens with zero attached hydrogens (tertiary/aromatic N) is 3. The molecule has 1 unspecified atom stereocenters. The first-order valence-corrected chi connectivity index (χ1v) is 11.4. The molecule has 0 bridgehead atoms. The maximum atomic E-state index is 12.5. The van der Waals surface area contributed by atoms with Crippen LogP contribution in [0.4, 0.5) is 0 Å². The molecule has 3 aromatic rings. The van der Waals surface area contributed by atoms with Crippen LogP contribution in [0.25, 0.3) is 17.0 Å². The molecule has 1 fully saturated rings. The number of piperazine rings is 1. The van der Waals surface area contributed by atoms with Gasteiger partial charge in [-0.05, 0) is 49.5 Å². The molecule has 0 spiro atoms. The molecule has 1 aromatic heterocycles. The van der Waals surface area contributed by atoms with E-state index >= 15 is 0 Å². The third-order valence-electron chi connectivity index (χ3n) is 5.83. The predicted molar refractivity (Wildman–Crippen MR) is 129 cm³/mol. The summed E-state index contributed by atoms with van der Waals surface area (Å²) in [7, 11) is 2.14. The summed E-state index contributed by atoms with van der Waals surface area (Å²) in [5.41, 5.74) is 2.70. The van der Waals surface area contributed by atoms with Crippen LogP contribution in [0.3, 0.4) is 0 Å². The summed E-state index contributed by atoms with van der Waals surface area (Å²) in [6, 6.07) is 15.5. The van der Waals surface area contributed by atoms with Crippen molar-refractivity contribution in [3.8, 4) is 0 Å². The van der Waals surface area contributed by atoms with E-state index in [1.165, 1.54) is 0 Å². The number of aliphatic hydroxyl groups is 1. The first-order chi connectivity index (χ1) is 15.0. The number of hydrogen-bond donors (Lipinski definition) is 1. The number of ketones is 1. The largest absolute Gasteiger partial charge is 0.390 e. The molecular weight excluding hydrogens is 454 g/mol. The normalized spacial score (nSPS) is 16.9. The van der Waals surface area contributed by atoms with E-state index in [9.17, 15) is 9.90 Å². The van der Waals surface area contributed by atoms with E-state index in [1.54, 1.807) is 6.08 Å².